The first-order valence-electron chi connectivity index (χ1n) is 10.3. The summed E-state index contributed by atoms with van der Waals surface area (Å²) in [4.78, 5) is 26.9. The second-order valence-electron chi connectivity index (χ2n) is 8.37. The maximum absolute atomic E-state index is 12.7. The molecule has 1 aromatic carbocycles. The molecular formula is C22H23Cl3N4O2S. The third-order valence-corrected chi connectivity index (χ3v) is 6.98. The van der Waals surface area contributed by atoms with Gasteiger partial charge in [0, 0.05) is 42.9 Å². The van der Waals surface area contributed by atoms with Gasteiger partial charge in [-0.1, -0.05) is 58.6 Å². The summed E-state index contributed by atoms with van der Waals surface area (Å²) >= 11 is 24.1. The van der Waals surface area contributed by atoms with Crippen LogP contribution in [0.4, 0.5) is 0 Å². The average molecular weight is 514 g/mol. The van der Waals surface area contributed by atoms with Gasteiger partial charge in [-0.25, -0.2) is 0 Å². The molecule has 6 nitrogen and oxygen atoms in total. The fraction of sp³-hybridized carbons (Fsp3) is 0.409. The van der Waals surface area contributed by atoms with E-state index in [1.54, 1.807) is 24.3 Å². The number of rotatable bonds is 3. The number of alkyl halides is 3. The third-order valence-electron chi connectivity index (χ3n) is 5.95. The van der Waals surface area contributed by atoms with Crippen molar-refractivity contribution in [2.24, 2.45) is 5.92 Å². The molecule has 2 aromatic rings. The number of thiocarbonyl (C=S) groups is 1. The quantitative estimate of drug-likeness (QED) is 0.373. The lowest BCUT2D eigenvalue weighted by Gasteiger charge is -2.44. The minimum atomic E-state index is -1.82. The molecule has 2 aliphatic heterocycles. The zero-order valence-corrected chi connectivity index (χ0v) is 20.4. The average Bonchev–Trinajstić information content (AvgIpc) is 2.73. The molecule has 0 spiro atoms. The number of piperidine rings is 1. The van der Waals surface area contributed by atoms with E-state index in [0.717, 1.165) is 17.7 Å². The summed E-state index contributed by atoms with van der Waals surface area (Å²) in [6.07, 6.45) is -0.0221. The van der Waals surface area contributed by atoms with Crippen molar-refractivity contribution in [1.82, 2.24) is 20.1 Å². The van der Waals surface area contributed by atoms with Crippen molar-refractivity contribution in [1.29, 1.82) is 0 Å². The van der Waals surface area contributed by atoms with Crippen molar-refractivity contribution in [3.8, 4) is 0 Å². The Hall–Kier alpha value is -1.80. The number of benzene rings is 1. The van der Waals surface area contributed by atoms with Crippen molar-refractivity contribution in [2.45, 2.75) is 35.8 Å². The fourth-order valence-electron chi connectivity index (χ4n) is 4.40. The van der Waals surface area contributed by atoms with Crippen LogP contribution in [0.2, 0.25) is 0 Å². The number of hydrogen-bond donors (Lipinski definition) is 2. The Morgan fingerprint density at radius 1 is 1.09 bits per heavy atom. The molecule has 1 amide bonds. The Morgan fingerprint density at radius 3 is 2.50 bits per heavy atom. The van der Waals surface area contributed by atoms with Crippen molar-refractivity contribution >= 4 is 58.0 Å². The highest BCUT2D eigenvalue weighted by Crippen LogP contribution is 2.35. The number of carbonyl (C=O) groups is 1. The molecule has 1 unspecified atom stereocenters. The second kappa shape index (κ2) is 9.21. The molecule has 0 saturated carbocycles. The molecule has 3 atom stereocenters. The monoisotopic (exact) mass is 512 g/mol. The van der Waals surface area contributed by atoms with Crippen LogP contribution < -0.4 is 16.2 Å². The van der Waals surface area contributed by atoms with Crippen molar-refractivity contribution in [3.63, 3.8) is 0 Å². The van der Waals surface area contributed by atoms with Gasteiger partial charge >= 0.3 is 0 Å². The number of aromatic nitrogens is 1. The van der Waals surface area contributed by atoms with Gasteiger partial charge in [0.05, 0.1) is 0 Å². The van der Waals surface area contributed by atoms with Crippen LogP contribution in [0.5, 0.6) is 0 Å². The van der Waals surface area contributed by atoms with E-state index in [2.05, 4.69) is 10.6 Å². The molecule has 1 aromatic heterocycles. The van der Waals surface area contributed by atoms with Crippen LogP contribution in [-0.4, -0.2) is 43.5 Å². The van der Waals surface area contributed by atoms with Gasteiger partial charge in [0.1, 0.15) is 6.17 Å². The lowest BCUT2D eigenvalue weighted by molar-refractivity contribution is 0.0932. The summed E-state index contributed by atoms with van der Waals surface area (Å²) in [5.74, 6) is 0.0967. The number of pyridine rings is 1. The number of aryl methyl sites for hydroxylation is 1. The molecule has 170 valence electrons. The molecule has 1 saturated heterocycles. The molecule has 2 aliphatic rings. The molecular weight excluding hydrogens is 491 g/mol. The van der Waals surface area contributed by atoms with E-state index in [4.69, 9.17) is 47.0 Å². The molecule has 32 heavy (non-hydrogen) atoms. The standard InChI is InChI=1S/C22H23Cl3N4O2S/c1-13-5-7-15(8-6-13)19(31)26-20(22(23,24)25)27-21(32)28-10-14-9-16(12-28)17-3-2-4-18(30)29(17)11-14/h2-8,14,16,20H,9-12H2,1H3,(H,26,31)(H,27,32)/t14-,16+,20?/m0/s1. The SMILES string of the molecule is Cc1ccc(C(=O)NC(NC(=S)N2C[C@@H]3C[C@H](C2)c2cccc(=O)n2C3)C(Cl)(Cl)Cl)cc1. The highest BCUT2D eigenvalue weighted by molar-refractivity contribution is 7.80. The molecule has 1 fully saturated rings. The predicted molar refractivity (Wildman–Crippen MR) is 132 cm³/mol. The number of nitrogens with one attached hydrogen (secondary N) is 2. The zero-order valence-electron chi connectivity index (χ0n) is 17.4. The van der Waals surface area contributed by atoms with E-state index in [0.29, 0.717) is 30.3 Å². The largest absolute Gasteiger partial charge is 0.348 e. The number of hydrogen-bond acceptors (Lipinski definition) is 3. The van der Waals surface area contributed by atoms with E-state index < -0.39 is 9.96 Å². The Morgan fingerprint density at radius 2 is 1.81 bits per heavy atom. The molecule has 2 N–H and O–H groups in total. The van der Waals surface area contributed by atoms with E-state index >= 15 is 0 Å². The Labute approximate surface area is 206 Å². The minimum absolute atomic E-state index is 0.0291. The topological polar surface area (TPSA) is 66.4 Å². The first kappa shape index (κ1) is 23.4. The van der Waals surface area contributed by atoms with E-state index in [1.165, 1.54) is 0 Å². The highest BCUT2D eigenvalue weighted by Gasteiger charge is 2.39. The Bertz CT molecular complexity index is 1080. The summed E-state index contributed by atoms with van der Waals surface area (Å²) in [6, 6.07) is 12.5. The Balaban J connectivity index is 1.47. The van der Waals surface area contributed by atoms with Crippen LogP contribution >= 0.6 is 47.0 Å². The fourth-order valence-corrected chi connectivity index (χ4v) is 4.99. The van der Waals surface area contributed by atoms with Gasteiger partial charge in [0.15, 0.2) is 5.11 Å². The summed E-state index contributed by atoms with van der Waals surface area (Å²) in [6.45, 7) is 3.92. The maximum Gasteiger partial charge on any atom is 0.252 e. The third kappa shape index (κ3) is 5.06. The lowest BCUT2D eigenvalue weighted by atomic mass is 9.83. The first-order valence-corrected chi connectivity index (χ1v) is 11.9. The van der Waals surface area contributed by atoms with Gasteiger partial charge in [-0.15, -0.1) is 0 Å². The second-order valence-corrected chi connectivity index (χ2v) is 11.1. The molecule has 4 rings (SSSR count). The van der Waals surface area contributed by atoms with Gasteiger partial charge in [-0.05, 0) is 49.7 Å². The molecule has 0 radical (unpaired) electrons. The maximum atomic E-state index is 12.7. The smallest absolute Gasteiger partial charge is 0.252 e. The minimum Gasteiger partial charge on any atom is -0.348 e. The molecule has 3 heterocycles. The predicted octanol–water partition coefficient (Wildman–Crippen LogP) is 3.58. The number of likely N-dealkylation sites (tertiary alicyclic amines) is 1. The van der Waals surface area contributed by atoms with Gasteiger partial charge in [0.2, 0.25) is 3.79 Å². The number of nitrogens with zero attached hydrogens (tertiary/aromatic N) is 2. The van der Waals surface area contributed by atoms with Crippen LogP contribution in [0.25, 0.3) is 0 Å². The number of carbonyl (C=O) groups excluding carboxylic acids is 1. The van der Waals surface area contributed by atoms with Gasteiger partial charge in [-0.2, -0.15) is 0 Å². The zero-order chi connectivity index (χ0) is 23.0. The van der Waals surface area contributed by atoms with Crippen molar-refractivity contribution in [3.05, 3.63) is 69.6 Å². The number of halogens is 3. The first-order chi connectivity index (χ1) is 15.1. The Kier molecular flexibility index (Phi) is 6.73. The van der Waals surface area contributed by atoms with E-state index in [9.17, 15) is 9.59 Å². The van der Waals surface area contributed by atoms with E-state index in [1.807, 2.05) is 34.6 Å². The lowest BCUT2D eigenvalue weighted by Crippen LogP contribution is -2.60. The van der Waals surface area contributed by atoms with Crippen LogP contribution in [0, 0.1) is 12.8 Å². The van der Waals surface area contributed by atoms with Crippen LogP contribution in [0.3, 0.4) is 0 Å². The van der Waals surface area contributed by atoms with Crippen LogP contribution in [-0.2, 0) is 6.54 Å². The number of amides is 1. The molecule has 0 aliphatic carbocycles. The van der Waals surface area contributed by atoms with Crippen molar-refractivity contribution < 1.29 is 4.79 Å². The van der Waals surface area contributed by atoms with Crippen molar-refractivity contribution in [2.75, 3.05) is 13.1 Å². The summed E-state index contributed by atoms with van der Waals surface area (Å²) in [7, 11) is 0. The van der Waals surface area contributed by atoms with Crippen LogP contribution in [0.15, 0.2) is 47.3 Å². The normalized spacial score (nSPS) is 20.8. The molecule has 2 bridgehead atoms. The highest BCUT2D eigenvalue weighted by atomic mass is 35.6. The summed E-state index contributed by atoms with van der Waals surface area (Å²) < 4.78 is 0.0363. The molecule has 10 heteroatoms. The number of fused-ring (bicyclic) bond motifs is 4. The van der Waals surface area contributed by atoms with Gasteiger partial charge in [0.25, 0.3) is 11.5 Å². The summed E-state index contributed by atoms with van der Waals surface area (Å²) in [5.41, 5.74) is 2.55. The van der Waals surface area contributed by atoms with Gasteiger partial charge < -0.3 is 20.1 Å². The van der Waals surface area contributed by atoms with Gasteiger partial charge in [-0.3, -0.25) is 9.59 Å². The van der Waals surface area contributed by atoms with E-state index in [-0.39, 0.29) is 23.3 Å². The summed E-state index contributed by atoms with van der Waals surface area (Å²) in [5, 5.41) is 6.15. The van der Waals surface area contributed by atoms with Crippen LogP contribution in [0.1, 0.15) is 34.0 Å².